The van der Waals surface area contributed by atoms with Crippen LogP contribution in [0.25, 0.3) is 0 Å². The molecule has 1 fully saturated rings. The lowest BCUT2D eigenvalue weighted by Gasteiger charge is -2.29. The Hall–Kier alpha value is -2.63. The Bertz CT molecular complexity index is 708. The molecular formula is C19H25N5O. The van der Waals surface area contributed by atoms with Gasteiger partial charge in [0.1, 0.15) is 11.6 Å². The molecule has 1 aliphatic heterocycles. The third-order valence-corrected chi connectivity index (χ3v) is 4.43. The van der Waals surface area contributed by atoms with Gasteiger partial charge in [0.15, 0.2) is 0 Å². The van der Waals surface area contributed by atoms with E-state index >= 15 is 0 Å². The monoisotopic (exact) mass is 339 g/mol. The van der Waals surface area contributed by atoms with Gasteiger partial charge >= 0.3 is 0 Å². The molecule has 0 saturated carbocycles. The lowest BCUT2D eigenvalue weighted by atomic mass is 10.1. The number of rotatable bonds is 5. The molecule has 132 valence electrons. The number of amides is 1. The molecular weight excluding hydrogens is 314 g/mol. The quantitative estimate of drug-likeness (QED) is 0.907. The van der Waals surface area contributed by atoms with E-state index in [9.17, 15) is 4.79 Å². The number of carbonyl (C=O) groups is 1. The lowest BCUT2D eigenvalue weighted by molar-refractivity contribution is 0.0950. The van der Waals surface area contributed by atoms with Gasteiger partial charge in [-0.1, -0.05) is 6.07 Å². The Morgan fingerprint density at radius 3 is 2.64 bits per heavy atom. The first-order valence-electron chi connectivity index (χ1n) is 8.75. The van der Waals surface area contributed by atoms with Crippen LogP contribution >= 0.6 is 0 Å². The number of pyridine rings is 2. The van der Waals surface area contributed by atoms with Crippen LogP contribution in [0, 0.1) is 0 Å². The minimum atomic E-state index is -0.119. The first kappa shape index (κ1) is 17.2. The highest BCUT2D eigenvalue weighted by Crippen LogP contribution is 2.21. The average molecular weight is 339 g/mol. The number of carbonyl (C=O) groups excluding carboxylic acids is 1. The molecule has 2 aromatic heterocycles. The van der Waals surface area contributed by atoms with Crippen molar-refractivity contribution in [2.24, 2.45) is 0 Å². The topological polar surface area (TPSA) is 61.4 Å². The van der Waals surface area contributed by atoms with Crippen LogP contribution in [0.5, 0.6) is 0 Å². The third-order valence-electron chi connectivity index (χ3n) is 4.43. The minimum Gasteiger partial charge on any atom is -0.363 e. The van der Waals surface area contributed by atoms with Crippen LogP contribution < -0.4 is 15.1 Å². The summed E-state index contributed by atoms with van der Waals surface area (Å²) in [7, 11) is 3.85. The van der Waals surface area contributed by atoms with E-state index in [0.717, 1.165) is 30.3 Å². The molecule has 0 aliphatic carbocycles. The second-order valence-corrected chi connectivity index (χ2v) is 6.52. The third kappa shape index (κ3) is 4.26. The highest BCUT2D eigenvalue weighted by molar-refractivity contribution is 5.94. The summed E-state index contributed by atoms with van der Waals surface area (Å²) in [5, 5.41) is 2.98. The normalized spacial score (nSPS) is 14.2. The summed E-state index contributed by atoms with van der Waals surface area (Å²) in [6.45, 7) is 2.54. The van der Waals surface area contributed by atoms with Crippen molar-refractivity contribution in [3.05, 3.63) is 47.8 Å². The van der Waals surface area contributed by atoms with E-state index in [1.54, 1.807) is 12.3 Å². The minimum absolute atomic E-state index is 0.119. The Morgan fingerprint density at radius 2 is 1.96 bits per heavy atom. The fourth-order valence-electron chi connectivity index (χ4n) is 3.02. The molecule has 25 heavy (non-hydrogen) atoms. The number of nitrogens with zero attached hydrogens (tertiary/aromatic N) is 4. The highest BCUT2D eigenvalue weighted by Gasteiger charge is 2.16. The van der Waals surface area contributed by atoms with Crippen molar-refractivity contribution in [3.63, 3.8) is 0 Å². The average Bonchev–Trinajstić information content (AvgIpc) is 2.67. The van der Waals surface area contributed by atoms with Crippen molar-refractivity contribution in [2.45, 2.75) is 25.8 Å². The van der Waals surface area contributed by atoms with E-state index < -0.39 is 0 Å². The van der Waals surface area contributed by atoms with Crippen molar-refractivity contribution < 1.29 is 4.79 Å². The van der Waals surface area contributed by atoms with Gasteiger partial charge in [0.05, 0.1) is 5.56 Å². The fourth-order valence-corrected chi connectivity index (χ4v) is 3.02. The SMILES string of the molecule is CN(C)c1ccc(C(=O)NCc2cccnc2N2CCCCC2)cn1. The zero-order chi connectivity index (χ0) is 17.6. The summed E-state index contributed by atoms with van der Waals surface area (Å²) in [6.07, 6.45) is 7.11. The molecule has 0 spiro atoms. The summed E-state index contributed by atoms with van der Waals surface area (Å²) < 4.78 is 0. The van der Waals surface area contributed by atoms with Gasteiger partial charge in [0, 0.05) is 51.7 Å². The number of hydrogen-bond acceptors (Lipinski definition) is 5. The largest absolute Gasteiger partial charge is 0.363 e. The van der Waals surface area contributed by atoms with Crippen molar-refractivity contribution in [2.75, 3.05) is 37.0 Å². The summed E-state index contributed by atoms with van der Waals surface area (Å²) in [6, 6.07) is 7.59. The van der Waals surface area contributed by atoms with E-state index in [0.29, 0.717) is 12.1 Å². The van der Waals surface area contributed by atoms with Crippen LogP contribution in [0.3, 0.4) is 0 Å². The zero-order valence-corrected chi connectivity index (χ0v) is 14.9. The van der Waals surface area contributed by atoms with E-state index in [1.165, 1.54) is 19.3 Å². The van der Waals surface area contributed by atoms with Gasteiger partial charge in [-0.15, -0.1) is 0 Å². The molecule has 2 aromatic rings. The van der Waals surface area contributed by atoms with Crippen LogP contribution in [0.2, 0.25) is 0 Å². The molecule has 0 radical (unpaired) electrons. The predicted octanol–water partition coefficient (Wildman–Crippen LogP) is 2.46. The van der Waals surface area contributed by atoms with Gasteiger partial charge in [-0.25, -0.2) is 9.97 Å². The molecule has 3 rings (SSSR count). The number of piperidine rings is 1. The van der Waals surface area contributed by atoms with E-state index in [-0.39, 0.29) is 5.91 Å². The number of anilines is 2. The second-order valence-electron chi connectivity index (χ2n) is 6.52. The number of nitrogens with one attached hydrogen (secondary N) is 1. The second kappa shape index (κ2) is 7.96. The zero-order valence-electron chi connectivity index (χ0n) is 14.9. The fraction of sp³-hybridized carbons (Fsp3) is 0.421. The molecule has 0 unspecified atom stereocenters. The molecule has 1 aliphatic rings. The maximum atomic E-state index is 12.4. The number of hydrogen-bond donors (Lipinski definition) is 1. The van der Waals surface area contributed by atoms with Crippen LogP contribution in [-0.4, -0.2) is 43.1 Å². The van der Waals surface area contributed by atoms with Gasteiger partial charge in [-0.05, 0) is 37.5 Å². The summed E-state index contributed by atoms with van der Waals surface area (Å²) in [5.41, 5.74) is 1.62. The number of aromatic nitrogens is 2. The Labute approximate surface area is 148 Å². The molecule has 6 nitrogen and oxygen atoms in total. The van der Waals surface area contributed by atoms with Crippen molar-refractivity contribution in [1.29, 1.82) is 0 Å². The van der Waals surface area contributed by atoms with Crippen molar-refractivity contribution in [1.82, 2.24) is 15.3 Å². The molecule has 1 amide bonds. The Kier molecular flexibility index (Phi) is 5.48. The van der Waals surface area contributed by atoms with Crippen molar-refractivity contribution >= 4 is 17.5 Å². The lowest BCUT2D eigenvalue weighted by Crippen LogP contribution is -2.32. The first-order valence-corrected chi connectivity index (χ1v) is 8.75. The van der Waals surface area contributed by atoms with E-state index in [2.05, 4.69) is 20.2 Å². The summed E-state index contributed by atoms with van der Waals surface area (Å²) in [4.78, 5) is 25.4. The molecule has 0 atom stereocenters. The standard InChI is InChI=1S/C19H25N5O/c1-23(2)17-9-8-16(14-21-17)19(25)22-13-15-7-6-10-20-18(15)24-11-4-3-5-12-24/h6-10,14H,3-5,11-13H2,1-2H3,(H,22,25). The van der Waals surface area contributed by atoms with E-state index in [4.69, 9.17) is 0 Å². The molecule has 1 saturated heterocycles. The van der Waals surface area contributed by atoms with E-state index in [1.807, 2.05) is 43.4 Å². The molecule has 6 heteroatoms. The molecule has 1 N–H and O–H groups in total. The molecule has 0 aromatic carbocycles. The maximum Gasteiger partial charge on any atom is 0.253 e. The summed E-state index contributed by atoms with van der Waals surface area (Å²) in [5.74, 6) is 1.70. The maximum absolute atomic E-state index is 12.4. The first-order chi connectivity index (χ1) is 12.1. The smallest absolute Gasteiger partial charge is 0.253 e. The highest BCUT2D eigenvalue weighted by atomic mass is 16.1. The van der Waals surface area contributed by atoms with Gasteiger partial charge in [-0.3, -0.25) is 4.79 Å². The predicted molar refractivity (Wildman–Crippen MR) is 100 cm³/mol. The van der Waals surface area contributed by atoms with Gasteiger partial charge < -0.3 is 15.1 Å². The van der Waals surface area contributed by atoms with Crippen LogP contribution in [0.4, 0.5) is 11.6 Å². The van der Waals surface area contributed by atoms with Gasteiger partial charge in [-0.2, -0.15) is 0 Å². The Morgan fingerprint density at radius 1 is 1.16 bits per heavy atom. The van der Waals surface area contributed by atoms with Gasteiger partial charge in [0.25, 0.3) is 5.91 Å². The Balaban J connectivity index is 1.66. The van der Waals surface area contributed by atoms with Crippen LogP contribution in [0.15, 0.2) is 36.7 Å². The van der Waals surface area contributed by atoms with Crippen molar-refractivity contribution in [3.8, 4) is 0 Å². The summed E-state index contributed by atoms with van der Waals surface area (Å²) >= 11 is 0. The molecule has 3 heterocycles. The molecule has 0 bridgehead atoms. The van der Waals surface area contributed by atoms with Crippen LogP contribution in [-0.2, 0) is 6.54 Å². The van der Waals surface area contributed by atoms with Crippen LogP contribution in [0.1, 0.15) is 35.2 Å². The van der Waals surface area contributed by atoms with Gasteiger partial charge in [0.2, 0.25) is 0 Å².